The molecule has 0 saturated carbocycles. The summed E-state index contributed by atoms with van der Waals surface area (Å²) in [5.74, 6) is -0.729. The Kier molecular flexibility index (Phi) is 7.42. The van der Waals surface area contributed by atoms with Crippen LogP contribution in [-0.4, -0.2) is 25.3 Å². The summed E-state index contributed by atoms with van der Waals surface area (Å²) in [7, 11) is 0. The highest BCUT2D eigenvalue weighted by Gasteiger charge is 2.38. The molecule has 0 bridgehead atoms. The molecule has 0 aliphatic heterocycles. The number of alkyl halides is 3. The summed E-state index contributed by atoms with van der Waals surface area (Å²) in [5.41, 5.74) is 0.417. The molecule has 5 aromatic rings. The lowest BCUT2D eigenvalue weighted by atomic mass is 10.2. The van der Waals surface area contributed by atoms with E-state index >= 15 is 0 Å². The van der Waals surface area contributed by atoms with E-state index in [9.17, 15) is 18.0 Å². The molecule has 0 saturated heterocycles. The average Bonchev–Trinajstić information content (AvgIpc) is 3.39. The first-order valence-corrected chi connectivity index (χ1v) is 11.9. The second-order valence-corrected chi connectivity index (χ2v) is 9.20. The Labute approximate surface area is 222 Å². The highest BCUT2D eigenvalue weighted by Crippen LogP contribution is 2.36. The number of carbonyl (C=O) groups excluding carboxylic acids is 1. The number of benzene rings is 2. The predicted octanol–water partition coefficient (Wildman–Crippen LogP) is 7.50. The molecule has 36 heavy (non-hydrogen) atoms. The van der Waals surface area contributed by atoms with Gasteiger partial charge < -0.3 is 14.7 Å². The number of H-pyrrole nitrogens is 1. The van der Waals surface area contributed by atoms with Crippen LogP contribution in [0.2, 0.25) is 10.0 Å². The third-order valence-corrected chi connectivity index (χ3v) is 6.68. The van der Waals surface area contributed by atoms with Crippen LogP contribution in [0.3, 0.4) is 0 Å². The van der Waals surface area contributed by atoms with E-state index in [0.717, 1.165) is 17.3 Å². The lowest BCUT2D eigenvalue weighted by Crippen LogP contribution is -2.14. The molecule has 13 heteroatoms. The molecule has 1 amide bonds. The molecule has 0 spiro atoms. The molecule has 6 nitrogen and oxygen atoms in total. The van der Waals surface area contributed by atoms with E-state index < -0.39 is 17.8 Å². The normalized spacial score (nSPS) is 11.6. The molecule has 5 rings (SSSR count). The largest absolute Gasteiger partial charge is 0.435 e. The second kappa shape index (κ2) is 10.2. The van der Waals surface area contributed by atoms with Gasteiger partial charge in [0.05, 0.1) is 38.0 Å². The molecule has 0 radical (unpaired) electrons. The van der Waals surface area contributed by atoms with Crippen molar-refractivity contribution in [2.24, 2.45) is 0 Å². The average molecular weight is 573 g/mol. The van der Waals surface area contributed by atoms with Crippen molar-refractivity contribution in [1.82, 2.24) is 19.4 Å². The number of nitrogens with one attached hydrogen (secondary N) is 2. The van der Waals surface area contributed by atoms with E-state index in [2.05, 4.69) is 20.3 Å². The summed E-state index contributed by atoms with van der Waals surface area (Å²) in [6.07, 6.45) is -3.24. The molecule has 2 N–H and O–H groups in total. The Balaban J connectivity index is 0.00000304. The van der Waals surface area contributed by atoms with Crippen LogP contribution in [-0.2, 0) is 11.9 Å². The standard InChI is InChI=1S/C23H14Cl2F3N5OS.ClH/c24-12-5-3-6-13(25)18(12)21(34)29-16-9-4-10-33-17(19(23(26,27)28)32-20(16)33)11-35-22-30-14-7-1-2-8-15(14)31-22;/h1-10H,11H2,(H,29,34)(H,30,31);1H. The van der Waals surface area contributed by atoms with Gasteiger partial charge in [0.15, 0.2) is 16.5 Å². The molecule has 2 aromatic carbocycles. The van der Waals surface area contributed by atoms with Crippen molar-refractivity contribution >= 4 is 75.6 Å². The number of para-hydroxylation sites is 2. The fourth-order valence-corrected chi connectivity index (χ4v) is 5.08. The van der Waals surface area contributed by atoms with Crippen molar-refractivity contribution in [3.63, 3.8) is 0 Å². The van der Waals surface area contributed by atoms with Crippen molar-refractivity contribution in [2.45, 2.75) is 17.1 Å². The first-order chi connectivity index (χ1) is 16.7. The molecular formula is C23H15Cl3F3N5OS. The van der Waals surface area contributed by atoms with E-state index in [1.54, 1.807) is 6.07 Å². The van der Waals surface area contributed by atoms with E-state index in [-0.39, 0.29) is 50.8 Å². The van der Waals surface area contributed by atoms with Crippen LogP contribution in [0.1, 0.15) is 21.7 Å². The Morgan fingerprint density at radius 3 is 2.44 bits per heavy atom. The quantitative estimate of drug-likeness (QED) is 0.214. The molecule has 186 valence electrons. The van der Waals surface area contributed by atoms with Crippen molar-refractivity contribution in [2.75, 3.05) is 5.32 Å². The number of thioether (sulfide) groups is 1. The second-order valence-electron chi connectivity index (χ2n) is 7.42. The molecule has 0 aliphatic carbocycles. The van der Waals surface area contributed by atoms with E-state index in [0.29, 0.717) is 10.7 Å². The molecule has 0 atom stereocenters. The number of hydrogen-bond donors (Lipinski definition) is 2. The summed E-state index contributed by atoms with van der Waals surface area (Å²) in [6.45, 7) is 0. The van der Waals surface area contributed by atoms with Crippen molar-refractivity contribution in [3.8, 4) is 0 Å². The summed E-state index contributed by atoms with van der Waals surface area (Å²) in [6, 6.07) is 14.9. The minimum Gasteiger partial charge on any atom is -0.333 e. The maximum absolute atomic E-state index is 13.9. The van der Waals surface area contributed by atoms with Gasteiger partial charge >= 0.3 is 6.18 Å². The third kappa shape index (κ3) is 4.99. The minimum absolute atomic E-state index is 0. The number of pyridine rings is 1. The van der Waals surface area contributed by atoms with Crippen molar-refractivity contribution in [1.29, 1.82) is 0 Å². The van der Waals surface area contributed by atoms with Gasteiger partial charge in [-0.15, -0.1) is 12.4 Å². The molecule has 0 fully saturated rings. The number of imidazole rings is 2. The van der Waals surface area contributed by atoms with Gasteiger partial charge in [0.25, 0.3) is 5.91 Å². The first-order valence-electron chi connectivity index (χ1n) is 10.1. The lowest BCUT2D eigenvalue weighted by molar-refractivity contribution is -0.141. The van der Waals surface area contributed by atoms with E-state index in [1.807, 2.05) is 24.3 Å². The summed E-state index contributed by atoms with van der Waals surface area (Å²) in [4.78, 5) is 24.2. The summed E-state index contributed by atoms with van der Waals surface area (Å²) in [5, 5.41) is 3.29. The van der Waals surface area contributed by atoms with Gasteiger partial charge in [-0.1, -0.05) is 53.2 Å². The summed E-state index contributed by atoms with van der Waals surface area (Å²) >= 11 is 13.3. The molecule has 3 aromatic heterocycles. The Hall–Kier alpha value is -2.92. The van der Waals surface area contributed by atoms with Crippen LogP contribution in [0.15, 0.2) is 66.0 Å². The Morgan fingerprint density at radius 2 is 1.75 bits per heavy atom. The number of amides is 1. The van der Waals surface area contributed by atoms with Gasteiger partial charge in [0.1, 0.15) is 0 Å². The van der Waals surface area contributed by atoms with Crippen LogP contribution >= 0.6 is 47.4 Å². The Bertz CT molecular complexity index is 1530. The molecule has 3 heterocycles. The van der Waals surface area contributed by atoms with E-state index in [1.165, 1.54) is 34.9 Å². The number of fused-ring (bicyclic) bond motifs is 2. The number of carbonyl (C=O) groups is 1. The fourth-order valence-electron chi connectivity index (χ4n) is 3.61. The van der Waals surface area contributed by atoms with Crippen LogP contribution in [0, 0.1) is 0 Å². The number of rotatable bonds is 5. The fraction of sp³-hybridized carbons (Fsp3) is 0.0870. The zero-order valence-electron chi connectivity index (χ0n) is 17.9. The monoisotopic (exact) mass is 571 g/mol. The van der Waals surface area contributed by atoms with Gasteiger partial charge in [-0.3, -0.25) is 4.79 Å². The number of anilines is 1. The van der Waals surface area contributed by atoms with Crippen LogP contribution in [0.5, 0.6) is 0 Å². The van der Waals surface area contributed by atoms with Gasteiger partial charge in [-0.25, -0.2) is 9.97 Å². The smallest absolute Gasteiger partial charge is 0.333 e. The number of halogens is 6. The van der Waals surface area contributed by atoms with E-state index in [4.69, 9.17) is 23.2 Å². The lowest BCUT2D eigenvalue weighted by Gasteiger charge is -2.10. The van der Waals surface area contributed by atoms with Gasteiger partial charge in [0.2, 0.25) is 0 Å². The number of hydrogen-bond acceptors (Lipinski definition) is 4. The Morgan fingerprint density at radius 1 is 1.03 bits per heavy atom. The SMILES string of the molecule is Cl.O=C(Nc1cccn2c(CSc3nc4ccccc4[nH]3)c(C(F)(F)F)nc12)c1c(Cl)cccc1Cl. The molecule has 0 aliphatic rings. The maximum atomic E-state index is 13.9. The molecular weight excluding hydrogens is 558 g/mol. The highest BCUT2D eigenvalue weighted by atomic mass is 35.5. The van der Waals surface area contributed by atoms with Crippen LogP contribution < -0.4 is 5.32 Å². The highest BCUT2D eigenvalue weighted by molar-refractivity contribution is 7.98. The molecule has 0 unspecified atom stereocenters. The number of aromatic nitrogens is 4. The zero-order chi connectivity index (χ0) is 24.7. The predicted molar refractivity (Wildman–Crippen MR) is 138 cm³/mol. The van der Waals surface area contributed by atoms with Crippen molar-refractivity contribution < 1.29 is 18.0 Å². The topological polar surface area (TPSA) is 75.1 Å². The first kappa shape index (κ1) is 26.2. The number of aromatic amines is 1. The zero-order valence-corrected chi connectivity index (χ0v) is 21.1. The van der Waals surface area contributed by atoms with Crippen LogP contribution in [0.4, 0.5) is 18.9 Å². The van der Waals surface area contributed by atoms with Gasteiger partial charge in [-0.2, -0.15) is 13.2 Å². The van der Waals surface area contributed by atoms with Gasteiger partial charge in [-0.05, 0) is 36.4 Å². The summed E-state index contributed by atoms with van der Waals surface area (Å²) < 4.78 is 43.0. The van der Waals surface area contributed by atoms with Gasteiger partial charge in [0, 0.05) is 11.9 Å². The third-order valence-electron chi connectivity index (χ3n) is 5.17. The number of nitrogens with zero attached hydrogens (tertiary/aromatic N) is 3. The van der Waals surface area contributed by atoms with Crippen molar-refractivity contribution in [3.05, 3.63) is 87.8 Å². The van der Waals surface area contributed by atoms with Crippen LogP contribution in [0.25, 0.3) is 16.7 Å². The minimum atomic E-state index is -4.71. The maximum Gasteiger partial charge on any atom is 0.435 e.